The molecule has 0 heterocycles. The summed E-state index contributed by atoms with van der Waals surface area (Å²) in [4.78, 5) is 12.0. The maximum atomic E-state index is 13.0. The van der Waals surface area contributed by atoms with Crippen LogP contribution < -0.4 is 14.8 Å². The first-order valence-corrected chi connectivity index (χ1v) is 8.83. The van der Waals surface area contributed by atoms with Crippen LogP contribution in [0.1, 0.15) is 25.8 Å². The number of rotatable bonds is 9. The van der Waals surface area contributed by atoms with Crippen LogP contribution in [0.2, 0.25) is 0 Å². The molecule has 0 radical (unpaired) electrons. The van der Waals surface area contributed by atoms with Gasteiger partial charge in [0.05, 0.1) is 30.9 Å². The highest BCUT2D eigenvalue weighted by Gasteiger charge is 2.31. The monoisotopic (exact) mass is 397 g/mol. The van der Waals surface area contributed by atoms with Gasteiger partial charge in [-0.3, -0.25) is 4.79 Å². The number of carbonyl (C=O) groups excluding carboxylic acids is 1. The van der Waals surface area contributed by atoms with Gasteiger partial charge < -0.3 is 19.5 Å². The van der Waals surface area contributed by atoms with Crippen LogP contribution >= 0.6 is 0 Å². The number of nitrogens with one attached hydrogen (secondary N) is 1. The van der Waals surface area contributed by atoms with Crippen molar-refractivity contribution in [2.24, 2.45) is 0 Å². The van der Waals surface area contributed by atoms with Gasteiger partial charge in [-0.2, -0.15) is 13.2 Å². The summed E-state index contributed by atoms with van der Waals surface area (Å²) in [6, 6.07) is 9.55. The van der Waals surface area contributed by atoms with Gasteiger partial charge >= 0.3 is 6.18 Å². The fraction of sp³-hybridized carbons (Fsp3) is 0.350. The summed E-state index contributed by atoms with van der Waals surface area (Å²) in [5, 5.41) is 2.47. The highest BCUT2D eigenvalue weighted by atomic mass is 19.4. The van der Waals surface area contributed by atoms with E-state index >= 15 is 0 Å². The molecule has 5 nitrogen and oxygen atoms in total. The molecule has 1 N–H and O–H groups in total. The number of benzene rings is 2. The summed E-state index contributed by atoms with van der Waals surface area (Å²) in [5.74, 6) is 0.672. The minimum atomic E-state index is -4.54. The van der Waals surface area contributed by atoms with Crippen LogP contribution in [0.15, 0.2) is 42.5 Å². The average molecular weight is 397 g/mol. The van der Waals surface area contributed by atoms with Gasteiger partial charge in [0.1, 0.15) is 11.5 Å². The predicted octanol–water partition coefficient (Wildman–Crippen LogP) is 5.26. The third-order valence-corrected chi connectivity index (χ3v) is 3.62. The molecule has 0 spiro atoms. The molecule has 0 saturated carbocycles. The molecule has 0 bridgehead atoms. The molecule has 2 aromatic rings. The van der Waals surface area contributed by atoms with Crippen molar-refractivity contribution in [3.05, 3.63) is 48.0 Å². The molecular formula is C20H22F3NO4. The average Bonchev–Trinajstić information content (AvgIpc) is 2.64. The molecule has 0 atom stereocenters. The number of amides is 1. The first-order chi connectivity index (χ1) is 13.3. The lowest BCUT2D eigenvalue weighted by Crippen LogP contribution is -2.15. The van der Waals surface area contributed by atoms with Crippen molar-refractivity contribution in [1.29, 1.82) is 0 Å². The van der Waals surface area contributed by atoms with Crippen LogP contribution in [0.25, 0.3) is 0 Å². The highest BCUT2D eigenvalue weighted by molar-refractivity contribution is 5.92. The Morgan fingerprint density at radius 3 is 2.29 bits per heavy atom. The summed E-state index contributed by atoms with van der Waals surface area (Å²) in [6.07, 6.45) is -4.52. The SMILES string of the molecule is CCOCCC(=O)Nc1cc(C(F)(F)F)ccc1Oc1ccc(OCC)cc1. The predicted molar refractivity (Wildman–Crippen MR) is 98.9 cm³/mol. The van der Waals surface area contributed by atoms with Crippen LogP contribution in [-0.4, -0.2) is 25.7 Å². The summed E-state index contributed by atoms with van der Waals surface area (Å²) in [5.41, 5.74) is -0.947. The zero-order chi connectivity index (χ0) is 20.6. The lowest BCUT2D eigenvalue weighted by Gasteiger charge is -2.15. The minimum absolute atomic E-state index is 0.0204. The Labute approximate surface area is 161 Å². The molecule has 0 aliphatic carbocycles. The van der Waals surface area contributed by atoms with E-state index in [1.807, 2.05) is 6.92 Å². The van der Waals surface area contributed by atoms with E-state index in [9.17, 15) is 18.0 Å². The highest BCUT2D eigenvalue weighted by Crippen LogP contribution is 2.37. The largest absolute Gasteiger partial charge is 0.494 e. The van der Waals surface area contributed by atoms with E-state index in [0.717, 1.165) is 12.1 Å². The molecule has 1 amide bonds. The topological polar surface area (TPSA) is 56.8 Å². The van der Waals surface area contributed by atoms with Crippen molar-refractivity contribution in [3.8, 4) is 17.2 Å². The van der Waals surface area contributed by atoms with E-state index in [2.05, 4.69) is 5.32 Å². The normalized spacial score (nSPS) is 11.2. The summed E-state index contributed by atoms with van der Waals surface area (Å²) >= 11 is 0. The van der Waals surface area contributed by atoms with Crippen LogP contribution in [0.5, 0.6) is 17.2 Å². The Balaban J connectivity index is 2.22. The van der Waals surface area contributed by atoms with E-state index in [1.54, 1.807) is 31.2 Å². The Bertz CT molecular complexity index is 776. The molecule has 0 unspecified atom stereocenters. The van der Waals surface area contributed by atoms with Gasteiger partial charge in [-0.15, -0.1) is 0 Å². The number of alkyl halides is 3. The molecule has 28 heavy (non-hydrogen) atoms. The molecule has 0 aliphatic rings. The Morgan fingerprint density at radius 1 is 1.00 bits per heavy atom. The standard InChI is InChI=1S/C20H22F3NO4/c1-3-26-12-11-19(25)24-17-13-14(20(21,22)23)5-10-18(17)28-16-8-6-15(7-9-16)27-4-2/h5-10,13H,3-4,11-12H2,1-2H3,(H,24,25). The molecule has 0 fully saturated rings. The first-order valence-electron chi connectivity index (χ1n) is 8.83. The molecular weight excluding hydrogens is 375 g/mol. The molecule has 0 aliphatic heterocycles. The van der Waals surface area contributed by atoms with Crippen molar-refractivity contribution in [1.82, 2.24) is 0 Å². The zero-order valence-electron chi connectivity index (χ0n) is 15.6. The molecule has 152 valence electrons. The maximum Gasteiger partial charge on any atom is 0.416 e. The van der Waals surface area contributed by atoms with Crippen molar-refractivity contribution < 1.29 is 32.2 Å². The van der Waals surface area contributed by atoms with Crippen LogP contribution in [0.3, 0.4) is 0 Å². The number of hydrogen-bond donors (Lipinski definition) is 1. The molecule has 8 heteroatoms. The van der Waals surface area contributed by atoms with Crippen LogP contribution in [0.4, 0.5) is 18.9 Å². The number of carbonyl (C=O) groups is 1. The second-order valence-electron chi connectivity index (χ2n) is 5.71. The number of hydrogen-bond acceptors (Lipinski definition) is 4. The Hall–Kier alpha value is -2.74. The van der Waals surface area contributed by atoms with Gasteiger partial charge in [-0.25, -0.2) is 0 Å². The molecule has 2 aromatic carbocycles. The number of halogens is 3. The van der Waals surface area contributed by atoms with Crippen molar-refractivity contribution in [2.45, 2.75) is 26.4 Å². The second kappa shape index (κ2) is 9.98. The first kappa shape index (κ1) is 21.6. The van der Waals surface area contributed by atoms with Crippen molar-refractivity contribution in [3.63, 3.8) is 0 Å². The quantitative estimate of drug-likeness (QED) is 0.587. The molecule has 0 saturated heterocycles. The summed E-state index contributed by atoms with van der Waals surface area (Å²) in [6.45, 7) is 4.77. The summed E-state index contributed by atoms with van der Waals surface area (Å²) < 4.78 is 55.2. The van der Waals surface area contributed by atoms with Gasteiger partial charge in [0.15, 0.2) is 5.75 Å². The summed E-state index contributed by atoms with van der Waals surface area (Å²) in [7, 11) is 0. The smallest absolute Gasteiger partial charge is 0.416 e. The van der Waals surface area contributed by atoms with E-state index in [0.29, 0.717) is 24.7 Å². The molecule has 2 rings (SSSR count). The van der Waals surface area contributed by atoms with Gasteiger partial charge in [0.25, 0.3) is 0 Å². The van der Waals surface area contributed by atoms with Crippen molar-refractivity contribution >= 4 is 11.6 Å². The van der Waals surface area contributed by atoms with Gasteiger partial charge in [-0.05, 0) is 56.3 Å². The maximum absolute atomic E-state index is 13.0. The Morgan fingerprint density at radius 2 is 1.68 bits per heavy atom. The lowest BCUT2D eigenvalue weighted by molar-refractivity contribution is -0.137. The van der Waals surface area contributed by atoms with E-state index in [-0.39, 0.29) is 24.5 Å². The van der Waals surface area contributed by atoms with Crippen LogP contribution in [0, 0.1) is 0 Å². The Kier molecular flexibility index (Phi) is 7.69. The molecule has 0 aromatic heterocycles. The number of ether oxygens (including phenoxy) is 3. The lowest BCUT2D eigenvalue weighted by atomic mass is 10.1. The fourth-order valence-electron chi connectivity index (χ4n) is 2.31. The second-order valence-corrected chi connectivity index (χ2v) is 5.71. The van der Waals surface area contributed by atoms with Gasteiger partial charge in [0.2, 0.25) is 5.91 Å². The van der Waals surface area contributed by atoms with Crippen LogP contribution in [-0.2, 0) is 15.7 Å². The minimum Gasteiger partial charge on any atom is -0.494 e. The number of anilines is 1. The van der Waals surface area contributed by atoms with Crippen molar-refractivity contribution in [2.75, 3.05) is 25.1 Å². The third-order valence-electron chi connectivity index (χ3n) is 3.62. The fourth-order valence-corrected chi connectivity index (χ4v) is 2.31. The van der Waals surface area contributed by atoms with E-state index in [1.165, 1.54) is 6.07 Å². The third kappa shape index (κ3) is 6.45. The van der Waals surface area contributed by atoms with Gasteiger partial charge in [-0.1, -0.05) is 0 Å². The van der Waals surface area contributed by atoms with E-state index < -0.39 is 17.6 Å². The zero-order valence-corrected chi connectivity index (χ0v) is 15.6. The van der Waals surface area contributed by atoms with Gasteiger partial charge in [0, 0.05) is 6.61 Å². The van der Waals surface area contributed by atoms with E-state index in [4.69, 9.17) is 14.2 Å².